The zero-order valence-electron chi connectivity index (χ0n) is 26.8. The Balaban J connectivity index is 1.25. The van der Waals surface area contributed by atoms with Crippen molar-refractivity contribution in [1.82, 2.24) is 14.5 Å². The van der Waals surface area contributed by atoms with E-state index in [-0.39, 0.29) is 0 Å². The summed E-state index contributed by atoms with van der Waals surface area (Å²) in [4.78, 5) is 10.8. The molecule has 3 aromatic heterocycles. The number of thiophene rings is 1. The molecule has 8 aromatic carbocycles. The molecule has 11 aromatic rings. The lowest BCUT2D eigenvalue weighted by Gasteiger charge is -2.14. The van der Waals surface area contributed by atoms with E-state index < -0.39 is 0 Å². The van der Waals surface area contributed by atoms with Crippen LogP contribution >= 0.6 is 11.3 Å². The molecule has 4 heteroatoms. The van der Waals surface area contributed by atoms with Gasteiger partial charge in [-0.2, -0.15) is 0 Å². The van der Waals surface area contributed by atoms with Crippen LogP contribution in [0, 0.1) is 0 Å². The first kappa shape index (κ1) is 27.6. The Bertz CT molecular complexity index is 3150. The van der Waals surface area contributed by atoms with Gasteiger partial charge in [-0.3, -0.25) is 4.57 Å². The van der Waals surface area contributed by atoms with Crippen LogP contribution < -0.4 is 0 Å². The third kappa shape index (κ3) is 3.97. The third-order valence-electron chi connectivity index (χ3n) is 10.2. The second-order valence-electron chi connectivity index (χ2n) is 13.0. The molecule has 0 aliphatic rings. The van der Waals surface area contributed by atoms with Gasteiger partial charge in [0.05, 0.1) is 22.2 Å². The fourth-order valence-electron chi connectivity index (χ4n) is 7.94. The van der Waals surface area contributed by atoms with E-state index in [9.17, 15) is 0 Å². The highest BCUT2D eigenvalue weighted by molar-refractivity contribution is 7.26. The van der Waals surface area contributed by atoms with Gasteiger partial charge in [0.25, 0.3) is 0 Å². The summed E-state index contributed by atoms with van der Waals surface area (Å²) < 4.78 is 4.80. The highest BCUT2D eigenvalue weighted by Gasteiger charge is 2.21. The lowest BCUT2D eigenvalue weighted by molar-refractivity contribution is 1.01. The van der Waals surface area contributed by atoms with Crippen molar-refractivity contribution < 1.29 is 0 Å². The van der Waals surface area contributed by atoms with Gasteiger partial charge in [-0.1, -0.05) is 133 Å². The first-order valence-electron chi connectivity index (χ1n) is 16.9. The second-order valence-corrected chi connectivity index (χ2v) is 14.0. The Kier molecular flexibility index (Phi) is 5.83. The number of para-hydroxylation sites is 2. The van der Waals surface area contributed by atoms with E-state index in [0.717, 1.165) is 33.2 Å². The molecule has 50 heavy (non-hydrogen) atoms. The summed E-state index contributed by atoms with van der Waals surface area (Å²) in [6.07, 6.45) is 0. The molecular weight excluding hydrogens is 627 g/mol. The van der Waals surface area contributed by atoms with Crippen LogP contribution in [0.3, 0.4) is 0 Å². The van der Waals surface area contributed by atoms with Crippen molar-refractivity contribution >= 4 is 85.8 Å². The first-order chi connectivity index (χ1) is 24.8. The molecule has 11 rings (SSSR count). The van der Waals surface area contributed by atoms with Gasteiger partial charge in [0.1, 0.15) is 0 Å². The van der Waals surface area contributed by atoms with Gasteiger partial charge in [0.2, 0.25) is 5.95 Å². The van der Waals surface area contributed by atoms with Crippen LogP contribution in [0.25, 0.3) is 103 Å². The Morgan fingerprint density at radius 1 is 0.440 bits per heavy atom. The molecule has 0 aliphatic carbocycles. The maximum absolute atomic E-state index is 5.53. The van der Waals surface area contributed by atoms with Crippen LogP contribution in [0.2, 0.25) is 0 Å². The zero-order chi connectivity index (χ0) is 32.8. The van der Waals surface area contributed by atoms with Crippen molar-refractivity contribution in [2.45, 2.75) is 0 Å². The molecule has 3 heterocycles. The fraction of sp³-hybridized carbons (Fsp3) is 0. The van der Waals surface area contributed by atoms with Crippen molar-refractivity contribution in [3.63, 3.8) is 0 Å². The minimum atomic E-state index is 0.669. The molecule has 3 nitrogen and oxygen atoms in total. The van der Waals surface area contributed by atoms with Crippen molar-refractivity contribution in [3.8, 4) is 28.3 Å². The van der Waals surface area contributed by atoms with Crippen LogP contribution in [-0.4, -0.2) is 14.5 Å². The van der Waals surface area contributed by atoms with Gasteiger partial charge >= 0.3 is 0 Å². The van der Waals surface area contributed by atoms with Gasteiger partial charge in [0, 0.05) is 41.9 Å². The molecule has 0 fully saturated rings. The maximum Gasteiger partial charge on any atom is 0.235 e. The van der Waals surface area contributed by atoms with E-state index in [2.05, 4.69) is 168 Å². The van der Waals surface area contributed by atoms with Crippen molar-refractivity contribution in [2.24, 2.45) is 0 Å². The van der Waals surface area contributed by atoms with Crippen LogP contribution in [-0.2, 0) is 0 Å². The number of rotatable bonds is 3. The quantitative estimate of drug-likeness (QED) is 0.190. The lowest BCUT2D eigenvalue weighted by atomic mass is 9.95. The Labute approximate surface area is 291 Å². The average Bonchev–Trinajstić information content (AvgIpc) is 3.72. The highest BCUT2D eigenvalue weighted by Crippen LogP contribution is 2.44. The normalized spacial score (nSPS) is 12.0. The standard InChI is InChI=1S/C46H27N3S/c1-2-13-28(14-3-1)37-27-41-43(32-18-7-6-17-31(32)37)35-20-9-11-24-40(35)49(41)46-47-39-23-10-8-19-34(39)44(48-46)36-22-12-21-33-38-25-29-15-4-5-16-30(29)26-42(38)50-45(33)36/h1-27H. The molecule has 0 aliphatic heterocycles. The van der Waals surface area contributed by atoms with E-state index in [1.54, 1.807) is 0 Å². The Morgan fingerprint density at radius 3 is 1.98 bits per heavy atom. The van der Waals surface area contributed by atoms with Gasteiger partial charge in [-0.15, -0.1) is 11.3 Å². The number of aromatic nitrogens is 3. The van der Waals surface area contributed by atoms with Gasteiger partial charge < -0.3 is 0 Å². The Morgan fingerprint density at radius 2 is 1.12 bits per heavy atom. The zero-order valence-corrected chi connectivity index (χ0v) is 27.7. The molecule has 0 spiro atoms. The van der Waals surface area contributed by atoms with Crippen LogP contribution in [0.4, 0.5) is 0 Å². The fourth-order valence-corrected chi connectivity index (χ4v) is 9.19. The molecule has 0 radical (unpaired) electrons. The van der Waals surface area contributed by atoms with Crippen molar-refractivity contribution in [2.75, 3.05) is 0 Å². The van der Waals surface area contributed by atoms with E-state index in [0.29, 0.717) is 5.95 Å². The monoisotopic (exact) mass is 653 g/mol. The molecular formula is C46H27N3S. The summed E-state index contributed by atoms with van der Waals surface area (Å²) in [5.41, 5.74) is 7.56. The minimum absolute atomic E-state index is 0.669. The number of benzene rings is 8. The maximum atomic E-state index is 5.53. The molecule has 232 valence electrons. The van der Waals surface area contributed by atoms with E-state index >= 15 is 0 Å². The topological polar surface area (TPSA) is 30.7 Å². The van der Waals surface area contributed by atoms with E-state index in [1.165, 1.54) is 63.6 Å². The van der Waals surface area contributed by atoms with Crippen molar-refractivity contribution in [1.29, 1.82) is 0 Å². The molecule has 0 saturated heterocycles. The predicted molar refractivity (Wildman–Crippen MR) is 213 cm³/mol. The minimum Gasteiger partial charge on any atom is -0.278 e. The van der Waals surface area contributed by atoms with Gasteiger partial charge in [0.15, 0.2) is 0 Å². The largest absolute Gasteiger partial charge is 0.278 e. The molecule has 0 atom stereocenters. The SMILES string of the molecule is c1ccc(-c2cc3c(c4ccccc24)c2ccccc2n3-c2nc(-c3cccc4c3sc3cc5ccccc5cc34)c3ccccc3n2)cc1. The summed E-state index contributed by atoms with van der Waals surface area (Å²) in [5.74, 6) is 0.669. The summed E-state index contributed by atoms with van der Waals surface area (Å²) in [6.45, 7) is 0. The summed E-state index contributed by atoms with van der Waals surface area (Å²) in [5, 5.41) is 11.0. The molecule has 0 N–H and O–H groups in total. The van der Waals surface area contributed by atoms with E-state index in [1.807, 2.05) is 11.3 Å². The van der Waals surface area contributed by atoms with Gasteiger partial charge in [-0.05, 0) is 63.0 Å². The summed E-state index contributed by atoms with van der Waals surface area (Å²) in [6, 6.07) is 58.8. The summed E-state index contributed by atoms with van der Waals surface area (Å²) in [7, 11) is 0. The first-order valence-corrected chi connectivity index (χ1v) is 17.7. The van der Waals surface area contributed by atoms with Crippen LogP contribution in [0.1, 0.15) is 0 Å². The van der Waals surface area contributed by atoms with E-state index in [4.69, 9.17) is 9.97 Å². The van der Waals surface area contributed by atoms with Crippen molar-refractivity contribution in [3.05, 3.63) is 164 Å². The molecule has 0 unspecified atom stereocenters. The molecule has 0 bridgehead atoms. The van der Waals surface area contributed by atoms with Gasteiger partial charge in [-0.25, -0.2) is 9.97 Å². The second kappa shape index (κ2) is 10.6. The number of nitrogens with zero attached hydrogens (tertiary/aromatic N) is 3. The highest BCUT2D eigenvalue weighted by atomic mass is 32.1. The lowest BCUT2D eigenvalue weighted by Crippen LogP contribution is -2.03. The third-order valence-corrected chi connectivity index (χ3v) is 11.4. The number of hydrogen-bond donors (Lipinski definition) is 0. The molecule has 0 saturated carbocycles. The number of fused-ring (bicyclic) bond motifs is 10. The predicted octanol–water partition coefficient (Wildman–Crippen LogP) is 12.7. The van der Waals surface area contributed by atoms with Crippen LogP contribution in [0.5, 0.6) is 0 Å². The molecule has 0 amide bonds. The van der Waals surface area contributed by atoms with Crippen LogP contribution in [0.15, 0.2) is 164 Å². The smallest absolute Gasteiger partial charge is 0.235 e. The number of hydrogen-bond acceptors (Lipinski definition) is 3. The Hall–Kier alpha value is -6.36. The average molecular weight is 654 g/mol. The summed E-state index contributed by atoms with van der Waals surface area (Å²) >= 11 is 1.85.